The molecule has 5 aliphatic rings. The van der Waals surface area contributed by atoms with Gasteiger partial charge in [0, 0.05) is 53.2 Å². The van der Waals surface area contributed by atoms with E-state index in [2.05, 4.69) is 40.0 Å². The van der Waals surface area contributed by atoms with Gasteiger partial charge in [-0.3, -0.25) is 14.6 Å². The smallest absolute Gasteiger partial charge is 0.217 e. The summed E-state index contributed by atoms with van der Waals surface area (Å²) >= 11 is 0. The van der Waals surface area contributed by atoms with E-state index in [1.54, 1.807) is 6.20 Å². The van der Waals surface area contributed by atoms with E-state index in [1.165, 1.54) is 0 Å². The Bertz CT molecular complexity index is 2100. The molecule has 0 spiro atoms. The van der Waals surface area contributed by atoms with Crippen LogP contribution in [0.3, 0.4) is 0 Å². The van der Waals surface area contributed by atoms with E-state index < -0.39 is 18.2 Å². The molecule has 2 fully saturated rings. The molecule has 0 bridgehead atoms. The van der Waals surface area contributed by atoms with Crippen molar-refractivity contribution in [2.24, 2.45) is 15.9 Å². The number of rotatable bonds is 7. The molecular weight excluding hydrogens is 657 g/mol. The lowest BCUT2D eigenvalue weighted by Gasteiger charge is -2.36. The normalized spacial score (nSPS) is 26.9. The largest absolute Gasteiger partial charge is 0.470 e. The fourth-order valence-electron chi connectivity index (χ4n) is 8.85. The first-order valence-electron chi connectivity index (χ1n) is 18.9. The molecule has 4 aliphatic heterocycles. The maximum atomic E-state index is 17.1. The van der Waals surface area contributed by atoms with Crippen LogP contribution < -0.4 is 5.32 Å². The number of aliphatic hydroxyl groups is 1. The van der Waals surface area contributed by atoms with E-state index in [0.717, 1.165) is 89.4 Å². The van der Waals surface area contributed by atoms with Crippen molar-refractivity contribution in [3.63, 3.8) is 0 Å². The van der Waals surface area contributed by atoms with Gasteiger partial charge in [0.15, 0.2) is 12.0 Å². The van der Waals surface area contributed by atoms with Crippen LogP contribution in [-0.4, -0.2) is 73.8 Å². The van der Waals surface area contributed by atoms with Crippen LogP contribution in [0.1, 0.15) is 101 Å². The number of halogens is 1. The number of aliphatic imine (C=N–C) groups is 2. The molecule has 272 valence electrons. The second-order valence-electron chi connectivity index (χ2n) is 16.1. The summed E-state index contributed by atoms with van der Waals surface area (Å²) in [6.45, 7) is 9.62. The van der Waals surface area contributed by atoms with Gasteiger partial charge in [-0.2, -0.15) is 0 Å². The van der Waals surface area contributed by atoms with Crippen molar-refractivity contribution in [2.75, 3.05) is 13.1 Å². The zero-order valence-electron chi connectivity index (χ0n) is 30.4. The molecule has 52 heavy (non-hydrogen) atoms. The first kappa shape index (κ1) is 33.7. The Morgan fingerprint density at radius 3 is 2.79 bits per heavy atom. The number of H-pyrrole nitrogens is 1. The third-order valence-corrected chi connectivity index (χ3v) is 11.3. The van der Waals surface area contributed by atoms with E-state index >= 15 is 4.39 Å². The van der Waals surface area contributed by atoms with E-state index in [1.807, 2.05) is 56.2 Å². The SMILES string of the molecule is Cc1cccc(C2OC3=C(CCC(C4=NC(C5CCCN5)N=C4)C3)c3c(F)c4cc(-c5cnc(C6CCCN6C(O)OC(C)(C)C)[nH]5)ccc4n32)c1. The Morgan fingerprint density at radius 1 is 1.10 bits per heavy atom. The zero-order chi connectivity index (χ0) is 35.7. The van der Waals surface area contributed by atoms with Crippen molar-refractivity contribution in [1.82, 2.24) is 24.8 Å². The number of fused-ring (bicyclic) bond motifs is 4. The van der Waals surface area contributed by atoms with Crippen molar-refractivity contribution in [2.45, 2.75) is 109 Å². The minimum Gasteiger partial charge on any atom is -0.470 e. The average molecular weight is 706 g/mol. The molecule has 4 aromatic rings. The molecular formula is C41H48FN7O3. The predicted octanol–water partition coefficient (Wildman–Crippen LogP) is 7.40. The molecule has 6 atom stereocenters. The van der Waals surface area contributed by atoms with Crippen molar-refractivity contribution < 1.29 is 19.0 Å². The number of hydrogen-bond acceptors (Lipinski definition) is 8. The van der Waals surface area contributed by atoms with Crippen LogP contribution in [0.25, 0.3) is 27.7 Å². The topological polar surface area (TPSA) is 112 Å². The minimum atomic E-state index is -1.03. The van der Waals surface area contributed by atoms with Gasteiger partial charge in [0.2, 0.25) is 12.6 Å². The Morgan fingerprint density at radius 2 is 1.98 bits per heavy atom. The standard InChI is InChI=1S/C41H48FN7O3/c1-23-8-5-9-26(18-23)39-49-32-15-13-24(30-22-45-38(47-30)33-11-7-17-48(33)40(50)52-41(2,3)4)19-28(32)35(42)36(49)27-14-12-25(20-34(27)51-39)31-21-44-37(46-31)29-10-6-16-43-29/h5,8-9,13,15,18-19,21-22,25,29,33,37,39-40,43,50H,6-7,10-12,14,16-17,20H2,1-4H3,(H,45,47). The number of benzene rings is 2. The number of aromatic amines is 1. The van der Waals surface area contributed by atoms with Crippen molar-refractivity contribution >= 4 is 28.4 Å². The van der Waals surface area contributed by atoms with Crippen LogP contribution in [0.4, 0.5) is 4.39 Å². The van der Waals surface area contributed by atoms with Crippen LogP contribution in [0.2, 0.25) is 0 Å². The Balaban J connectivity index is 1.06. The van der Waals surface area contributed by atoms with Gasteiger partial charge in [0.25, 0.3) is 0 Å². The third kappa shape index (κ3) is 6.01. The highest BCUT2D eigenvalue weighted by molar-refractivity contribution is 6.33. The number of aliphatic hydroxyl groups excluding tert-OH is 1. The summed E-state index contributed by atoms with van der Waals surface area (Å²) in [4.78, 5) is 20.0. The number of likely N-dealkylation sites (tertiary alicyclic amines) is 1. The molecule has 0 radical (unpaired) electrons. The quantitative estimate of drug-likeness (QED) is 0.173. The number of ether oxygens (including phenoxy) is 2. The number of allylic oxidation sites excluding steroid dienone is 2. The summed E-state index contributed by atoms with van der Waals surface area (Å²) in [5.74, 6) is 1.58. The van der Waals surface area contributed by atoms with Gasteiger partial charge >= 0.3 is 0 Å². The van der Waals surface area contributed by atoms with Crippen molar-refractivity contribution in [1.29, 1.82) is 0 Å². The Kier molecular flexibility index (Phi) is 8.45. The number of aromatic nitrogens is 3. The molecule has 9 rings (SSSR count). The van der Waals surface area contributed by atoms with Crippen molar-refractivity contribution in [3.05, 3.63) is 82.9 Å². The van der Waals surface area contributed by atoms with Crippen LogP contribution in [0.5, 0.6) is 0 Å². The number of nitrogens with one attached hydrogen (secondary N) is 2. The van der Waals surface area contributed by atoms with E-state index in [-0.39, 0.29) is 23.9 Å². The van der Waals surface area contributed by atoms with E-state index in [9.17, 15) is 5.11 Å². The molecule has 0 amide bonds. The Hall–Kier alpha value is -4.16. The number of hydrogen-bond donors (Lipinski definition) is 3. The molecule has 6 unspecified atom stereocenters. The fourth-order valence-corrected chi connectivity index (χ4v) is 8.85. The lowest BCUT2D eigenvalue weighted by molar-refractivity contribution is -0.243. The maximum absolute atomic E-state index is 17.1. The lowest BCUT2D eigenvalue weighted by atomic mass is 9.83. The van der Waals surface area contributed by atoms with Gasteiger partial charge in [0.1, 0.15) is 11.6 Å². The highest BCUT2D eigenvalue weighted by Crippen LogP contribution is 2.48. The first-order valence-corrected chi connectivity index (χ1v) is 18.9. The van der Waals surface area contributed by atoms with Crippen LogP contribution in [0.15, 0.2) is 64.4 Å². The Labute approximate surface area is 303 Å². The third-order valence-electron chi connectivity index (χ3n) is 11.3. The lowest BCUT2D eigenvalue weighted by Crippen LogP contribution is -2.41. The number of imidazole rings is 1. The molecule has 10 nitrogen and oxygen atoms in total. The molecule has 2 aromatic heterocycles. The van der Waals surface area contributed by atoms with Crippen LogP contribution in [0, 0.1) is 18.7 Å². The molecule has 3 N–H and O–H groups in total. The van der Waals surface area contributed by atoms with Crippen LogP contribution in [-0.2, 0) is 9.47 Å². The summed E-state index contributed by atoms with van der Waals surface area (Å²) in [7, 11) is 0. The van der Waals surface area contributed by atoms with E-state index in [0.29, 0.717) is 36.5 Å². The fraction of sp³-hybridized carbons (Fsp3) is 0.488. The monoisotopic (exact) mass is 705 g/mol. The second kappa shape index (κ2) is 13.1. The summed E-state index contributed by atoms with van der Waals surface area (Å²) in [5.41, 5.74) is 6.67. The average Bonchev–Trinajstić information content (AvgIpc) is 3.96. The van der Waals surface area contributed by atoms with E-state index in [4.69, 9.17) is 24.4 Å². The highest BCUT2D eigenvalue weighted by atomic mass is 19.1. The molecule has 2 aromatic carbocycles. The summed E-state index contributed by atoms with van der Waals surface area (Å²) in [5, 5.41) is 15.0. The zero-order valence-corrected chi connectivity index (χ0v) is 30.4. The van der Waals surface area contributed by atoms with Crippen molar-refractivity contribution in [3.8, 4) is 11.3 Å². The number of nitrogens with zero attached hydrogens (tertiary/aromatic N) is 5. The summed E-state index contributed by atoms with van der Waals surface area (Å²) in [6.07, 6.45) is 8.48. The predicted molar refractivity (Wildman–Crippen MR) is 200 cm³/mol. The minimum absolute atomic E-state index is 0.0495. The first-order chi connectivity index (χ1) is 25.1. The summed E-state index contributed by atoms with van der Waals surface area (Å²) < 4.78 is 31.9. The number of aryl methyl sites for hydroxylation is 1. The molecule has 11 heteroatoms. The van der Waals surface area contributed by atoms with Gasteiger partial charge < -0.3 is 24.9 Å². The molecule has 6 heterocycles. The highest BCUT2D eigenvalue weighted by Gasteiger charge is 2.40. The molecule has 1 aliphatic carbocycles. The van der Waals surface area contributed by atoms with Crippen LogP contribution >= 0.6 is 0 Å². The maximum Gasteiger partial charge on any atom is 0.217 e. The van der Waals surface area contributed by atoms with Gasteiger partial charge in [0.05, 0.1) is 40.5 Å². The second-order valence-corrected chi connectivity index (χ2v) is 16.1. The van der Waals surface area contributed by atoms with Gasteiger partial charge in [-0.05, 0) is 84.9 Å². The van der Waals surface area contributed by atoms with Gasteiger partial charge in [-0.15, -0.1) is 0 Å². The van der Waals surface area contributed by atoms with Gasteiger partial charge in [-0.1, -0.05) is 35.9 Å². The summed E-state index contributed by atoms with van der Waals surface area (Å²) in [6, 6.07) is 14.5. The molecule has 0 saturated carbocycles. The van der Waals surface area contributed by atoms with Gasteiger partial charge in [-0.25, -0.2) is 14.3 Å². The molecule has 2 saturated heterocycles.